The molecule has 0 aliphatic carbocycles. The van der Waals surface area contributed by atoms with Gasteiger partial charge in [0.15, 0.2) is 5.43 Å². The van der Waals surface area contributed by atoms with Gasteiger partial charge in [-0.15, -0.1) is 0 Å². The minimum absolute atomic E-state index is 0.0487. The molecule has 29 heavy (non-hydrogen) atoms. The zero-order chi connectivity index (χ0) is 20.4. The lowest BCUT2D eigenvalue weighted by molar-refractivity contribution is 0.0859. The van der Waals surface area contributed by atoms with Crippen molar-refractivity contribution in [1.29, 1.82) is 0 Å². The third-order valence-corrected chi connectivity index (χ3v) is 5.47. The van der Waals surface area contributed by atoms with E-state index < -0.39 is 0 Å². The fourth-order valence-electron chi connectivity index (χ4n) is 3.82. The van der Waals surface area contributed by atoms with Gasteiger partial charge in [0.1, 0.15) is 23.7 Å². The molecule has 1 amide bonds. The molecule has 1 aromatic heterocycles. The number of ether oxygens (including phenoxy) is 1. The summed E-state index contributed by atoms with van der Waals surface area (Å²) in [6.07, 6.45) is 1.05. The normalized spacial score (nSPS) is 14.9. The average molecular weight is 393 g/mol. The Morgan fingerprint density at radius 3 is 2.62 bits per heavy atom. The number of piperidine rings is 1. The second-order valence-electron chi connectivity index (χ2n) is 7.40. The van der Waals surface area contributed by atoms with E-state index in [0.717, 1.165) is 5.56 Å². The van der Waals surface area contributed by atoms with Gasteiger partial charge in [0.25, 0.3) is 0 Å². The molecule has 0 spiro atoms. The maximum Gasteiger partial charge on any atom is 0.410 e. The molecule has 1 aliphatic rings. The zero-order valence-corrected chi connectivity index (χ0v) is 16.3. The summed E-state index contributed by atoms with van der Waals surface area (Å²) in [7, 11) is 0. The number of carbonyl (C=O) groups is 1. The van der Waals surface area contributed by atoms with Gasteiger partial charge in [-0.1, -0.05) is 30.3 Å². The van der Waals surface area contributed by atoms with E-state index in [0.29, 0.717) is 48.2 Å². The molecule has 0 unspecified atom stereocenters. The molecule has 2 heterocycles. The number of nitrogens with zero attached hydrogens (tertiary/aromatic N) is 1. The minimum Gasteiger partial charge on any atom is -0.508 e. The van der Waals surface area contributed by atoms with Crippen molar-refractivity contribution in [1.82, 2.24) is 4.90 Å². The SMILES string of the molecule is Cc1c(C2CCN(C(=O)OCc3ccccc3)CC2)oc2cc(O)ccc2c1=O. The molecule has 1 saturated heterocycles. The molecule has 0 atom stereocenters. The third-order valence-electron chi connectivity index (χ3n) is 5.47. The molecular formula is C23H23NO5. The molecule has 0 radical (unpaired) electrons. The van der Waals surface area contributed by atoms with Crippen LogP contribution in [0.3, 0.4) is 0 Å². The average Bonchev–Trinajstić information content (AvgIpc) is 2.75. The molecular weight excluding hydrogens is 370 g/mol. The number of aromatic hydroxyl groups is 1. The van der Waals surface area contributed by atoms with Crippen LogP contribution in [0.25, 0.3) is 11.0 Å². The molecule has 3 aromatic rings. The number of carbonyl (C=O) groups excluding carboxylic acids is 1. The van der Waals surface area contributed by atoms with Gasteiger partial charge in [0, 0.05) is 30.6 Å². The lowest BCUT2D eigenvalue weighted by Crippen LogP contribution is -2.38. The number of likely N-dealkylation sites (tertiary alicyclic amines) is 1. The van der Waals surface area contributed by atoms with Gasteiger partial charge in [-0.2, -0.15) is 0 Å². The zero-order valence-electron chi connectivity index (χ0n) is 16.3. The van der Waals surface area contributed by atoms with Gasteiger partial charge in [-0.25, -0.2) is 4.79 Å². The van der Waals surface area contributed by atoms with E-state index in [9.17, 15) is 14.7 Å². The lowest BCUT2D eigenvalue weighted by atomic mass is 9.91. The highest BCUT2D eigenvalue weighted by Crippen LogP contribution is 2.32. The Labute approximate surface area is 168 Å². The van der Waals surface area contributed by atoms with Crippen LogP contribution in [0.4, 0.5) is 4.79 Å². The van der Waals surface area contributed by atoms with Gasteiger partial charge < -0.3 is 19.2 Å². The summed E-state index contributed by atoms with van der Waals surface area (Å²) in [5, 5.41) is 10.2. The van der Waals surface area contributed by atoms with Gasteiger partial charge in [0.2, 0.25) is 0 Å². The quantitative estimate of drug-likeness (QED) is 0.717. The second kappa shape index (κ2) is 7.99. The second-order valence-corrected chi connectivity index (χ2v) is 7.40. The molecule has 1 N–H and O–H groups in total. The van der Waals surface area contributed by atoms with Crippen molar-refractivity contribution in [2.24, 2.45) is 0 Å². The number of benzene rings is 2. The Bertz CT molecular complexity index is 1080. The molecule has 0 saturated carbocycles. The fourth-order valence-corrected chi connectivity index (χ4v) is 3.82. The number of amides is 1. The molecule has 150 valence electrons. The van der Waals surface area contributed by atoms with Crippen molar-refractivity contribution in [2.75, 3.05) is 13.1 Å². The summed E-state index contributed by atoms with van der Waals surface area (Å²) in [6.45, 7) is 3.11. The van der Waals surface area contributed by atoms with Crippen LogP contribution in [0.2, 0.25) is 0 Å². The number of fused-ring (bicyclic) bond motifs is 1. The number of phenols is 1. The number of hydrogen-bond acceptors (Lipinski definition) is 5. The molecule has 6 nitrogen and oxygen atoms in total. The molecule has 6 heteroatoms. The Balaban J connectivity index is 1.43. The number of phenolic OH excluding ortho intramolecular Hbond substituents is 1. The van der Waals surface area contributed by atoms with Crippen molar-refractivity contribution in [3.63, 3.8) is 0 Å². The summed E-state index contributed by atoms with van der Waals surface area (Å²) in [5.74, 6) is 0.754. The summed E-state index contributed by atoms with van der Waals surface area (Å²) in [4.78, 5) is 26.7. The van der Waals surface area contributed by atoms with Crippen LogP contribution in [0.15, 0.2) is 57.7 Å². The maximum atomic E-state index is 12.7. The predicted molar refractivity (Wildman–Crippen MR) is 109 cm³/mol. The molecule has 4 rings (SSSR count). The van der Waals surface area contributed by atoms with Gasteiger partial charge in [0.05, 0.1) is 5.39 Å². The first kappa shape index (κ1) is 19.1. The van der Waals surface area contributed by atoms with Gasteiger partial charge in [-0.05, 0) is 37.5 Å². The smallest absolute Gasteiger partial charge is 0.410 e. The Hall–Kier alpha value is -3.28. The van der Waals surface area contributed by atoms with Crippen molar-refractivity contribution in [3.8, 4) is 5.75 Å². The highest BCUT2D eigenvalue weighted by atomic mass is 16.6. The van der Waals surface area contributed by atoms with E-state index in [1.165, 1.54) is 12.1 Å². The van der Waals surface area contributed by atoms with E-state index >= 15 is 0 Å². The van der Waals surface area contributed by atoms with Crippen molar-refractivity contribution < 1.29 is 19.1 Å². The van der Waals surface area contributed by atoms with E-state index in [-0.39, 0.29) is 29.8 Å². The van der Waals surface area contributed by atoms with E-state index in [1.807, 2.05) is 30.3 Å². The van der Waals surface area contributed by atoms with Crippen LogP contribution in [-0.2, 0) is 11.3 Å². The highest BCUT2D eigenvalue weighted by Gasteiger charge is 2.28. The van der Waals surface area contributed by atoms with Crippen molar-refractivity contribution in [3.05, 3.63) is 75.6 Å². The van der Waals surface area contributed by atoms with Crippen molar-refractivity contribution >= 4 is 17.1 Å². The van der Waals surface area contributed by atoms with Crippen LogP contribution in [0, 0.1) is 6.92 Å². The number of rotatable bonds is 3. The van der Waals surface area contributed by atoms with Crippen LogP contribution < -0.4 is 5.43 Å². The van der Waals surface area contributed by atoms with E-state index in [4.69, 9.17) is 9.15 Å². The third kappa shape index (κ3) is 3.97. The Morgan fingerprint density at radius 2 is 1.90 bits per heavy atom. The first-order chi connectivity index (χ1) is 14.0. The Kier molecular flexibility index (Phi) is 5.25. The molecule has 2 aromatic carbocycles. The molecule has 1 aliphatic heterocycles. The first-order valence-corrected chi connectivity index (χ1v) is 9.75. The number of hydrogen-bond donors (Lipinski definition) is 1. The minimum atomic E-state index is -0.325. The summed E-state index contributed by atoms with van der Waals surface area (Å²) in [5.41, 5.74) is 1.85. The van der Waals surface area contributed by atoms with E-state index in [2.05, 4.69) is 0 Å². The maximum absolute atomic E-state index is 12.7. The fraction of sp³-hybridized carbons (Fsp3) is 0.304. The van der Waals surface area contributed by atoms with Crippen molar-refractivity contribution in [2.45, 2.75) is 32.3 Å². The van der Waals surface area contributed by atoms with Crippen LogP contribution >= 0.6 is 0 Å². The standard InChI is InChI=1S/C23H23NO5/c1-15-21(26)19-8-7-18(25)13-20(19)29-22(15)17-9-11-24(12-10-17)23(27)28-14-16-5-3-2-4-6-16/h2-8,13,17,25H,9-12,14H2,1H3. The monoisotopic (exact) mass is 393 g/mol. The van der Waals surface area contributed by atoms with Gasteiger partial charge >= 0.3 is 6.09 Å². The lowest BCUT2D eigenvalue weighted by Gasteiger charge is -2.31. The van der Waals surface area contributed by atoms with Crippen LogP contribution in [-0.4, -0.2) is 29.2 Å². The van der Waals surface area contributed by atoms with Crippen LogP contribution in [0.5, 0.6) is 5.75 Å². The summed E-state index contributed by atoms with van der Waals surface area (Å²) < 4.78 is 11.4. The Morgan fingerprint density at radius 1 is 1.17 bits per heavy atom. The first-order valence-electron chi connectivity index (χ1n) is 9.75. The van der Waals surface area contributed by atoms with Crippen LogP contribution in [0.1, 0.15) is 35.6 Å². The summed E-state index contributed by atoms with van der Waals surface area (Å²) in [6, 6.07) is 14.1. The molecule has 0 bridgehead atoms. The van der Waals surface area contributed by atoms with E-state index in [1.54, 1.807) is 17.9 Å². The van der Waals surface area contributed by atoms with Gasteiger partial charge in [-0.3, -0.25) is 4.79 Å². The topological polar surface area (TPSA) is 80.0 Å². The highest BCUT2D eigenvalue weighted by molar-refractivity contribution is 5.78. The predicted octanol–water partition coefficient (Wildman–Crippen LogP) is 4.32. The summed E-state index contributed by atoms with van der Waals surface area (Å²) >= 11 is 0. The largest absolute Gasteiger partial charge is 0.508 e. The molecule has 1 fully saturated rings.